The molecule has 2 amide bonds. The zero-order chi connectivity index (χ0) is 35.1. The number of likely N-dealkylation sites (tertiary alicyclic amines) is 2. The van der Waals surface area contributed by atoms with Crippen molar-refractivity contribution in [3.8, 4) is 33.6 Å². The van der Waals surface area contributed by atoms with Gasteiger partial charge in [0.15, 0.2) is 0 Å². The quantitative estimate of drug-likeness (QED) is 0.218. The molecular weight excluding hydrogens is 628 g/mol. The number of amides is 2. The first-order valence-electron chi connectivity index (χ1n) is 18.0. The maximum absolute atomic E-state index is 13.1. The van der Waals surface area contributed by atoms with Gasteiger partial charge in [0.05, 0.1) is 35.9 Å². The van der Waals surface area contributed by atoms with Crippen LogP contribution in [-0.2, 0) is 9.47 Å². The molecule has 2 saturated heterocycles. The number of ether oxygens (including phenoxy) is 2. The topological polar surface area (TPSA) is 116 Å². The molecule has 8 rings (SSSR count). The number of rotatable bonds is 5. The van der Waals surface area contributed by atoms with Crippen molar-refractivity contribution in [2.75, 3.05) is 13.1 Å². The van der Waals surface area contributed by atoms with Crippen LogP contribution in [0.5, 0.6) is 0 Å². The van der Waals surface area contributed by atoms with Crippen LogP contribution in [0.15, 0.2) is 60.9 Å². The average molecular weight is 677 g/mol. The average Bonchev–Trinajstić information content (AvgIpc) is 3.63. The summed E-state index contributed by atoms with van der Waals surface area (Å²) in [5, 5.41) is 0. The van der Waals surface area contributed by atoms with Crippen molar-refractivity contribution >= 4 is 12.2 Å². The van der Waals surface area contributed by atoms with Gasteiger partial charge in [-0.1, -0.05) is 48.5 Å². The fourth-order valence-corrected chi connectivity index (χ4v) is 7.69. The number of H-pyrrole nitrogens is 2. The maximum Gasteiger partial charge on any atom is 0.410 e. The zero-order valence-electron chi connectivity index (χ0n) is 30.0. The number of carbonyl (C=O) groups excluding carboxylic acids is 2. The van der Waals surface area contributed by atoms with Crippen molar-refractivity contribution in [3.63, 3.8) is 0 Å². The summed E-state index contributed by atoms with van der Waals surface area (Å²) < 4.78 is 11.5. The van der Waals surface area contributed by atoms with Gasteiger partial charge in [0, 0.05) is 13.1 Å². The highest BCUT2D eigenvalue weighted by molar-refractivity contribution is 5.73. The minimum Gasteiger partial charge on any atom is -0.444 e. The van der Waals surface area contributed by atoms with Gasteiger partial charge < -0.3 is 19.4 Å². The highest BCUT2D eigenvalue weighted by atomic mass is 16.6. The van der Waals surface area contributed by atoms with Crippen LogP contribution in [0.2, 0.25) is 0 Å². The van der Waals surface area contributed by atoms with Gasteiger partial charge >= 0.3 is 12.2 Å². The van der Waals surface area contributed by atoms with E-state index in [0.717, 1.165) is 96.9 Å². The lowest BCUT2D eigenvalue weighted by atomic mass is 10.0. The molecule has 50 heavy (non-hydrogen) atoms. The summed E-state index contributed by atoms with van der Waals surface area (Å²) in [5.41, 5.74) is 5.51. The lowest BCUT2D eigenvalue weighted by molar-refractivity contribution is 0.0202. The number of nitrogens with zero attached hydrogens (tertiary/aromatic N) is 4. The van der Waals surface area contributed by atoms with Crippen LogP contribution in [0.3, 0.4) is 0 Å². The molecule has 2 saturated carbocycles. The molecule has 2 spiro atoms. The van der Waals surface area contributed by atoms with Crippen LogP contribution < -0.4 is 0 Å². The van der Waals surface area contributed by atoms with Gasteiger partial charge in [0.1, 0.15) is 22.9 Å². The molecule has 10 heteroatoms. The number of benzene rings is 2. The Labute approximate surface area is 294 Å². The monoisotopic (exact) mass is 676 g/mol. The highest BCUT2D eigenvalue weighted by Gasteiger charge is 2.56. The standard InChI is InChI=1S/C40H48N6O4/c1-37(2,3)49-35(47)45-23-39(15-16-39)19-31(45)33-41-21-29(43-33)27-11-7-25(8-12-27)26-9-13-28(14-10-26)30-22-42-34(44-30)32-20-40(17-18-40)24-46(32)36(48)50-38(4,5)6/h7-14,21-22,31-32H,15-20,23-24H2,1-6H3,(H,41,43)(H,42,44). The van der Waals surface area contributed by atoms with Crippen LogP contribution in [0.4, 0.5) is 9.59 Å². The Kier molecular flexibility index (Phi) is 7.48. The lowest BCUT2D eigenvalue weighted by Crippen LogP contribution is -2.37. The van der Waals surface area contributed by atoms with Gasteiger partial charge in [-0.25, -0.2) is 19.6 Å². The van der Waals surface area contributed by atoms with Crippen molar-refractivity contribution < 1.29 is 19.1 Å². The first-order chi connectivity index (χ1) is 23.7. The van der Waals surface area contributed by atoms with Gasteiger partial charge in [-0.05, 0) is 113 Å². The molecule has 2 aromatic carbocycles. The van der Waals surface area contributed by atoms with Crippen molar-refractivity contribution in [2.45, 2.75) is 103 Å². The van der Waals surface area contributed by atoms with E-state index in [4.69, 9.17) is 19.4 Å². The van der Waals surface area contributed by atoms with E-state index in [1.807, 2.05) is 63.7 Å². The van der Waals surface area contributed by atoms with Gasteiger partial charge in [-0.15, -0.1) is 0 Å². The van der Waals surface area contributed by atoms with Crippen LogP contribution in [0.1, 0.15) is 104 Å². The maximum atomic E-state index is 13.1. The third-order valence-electron chi connectivity index (χ3n) is 10.7. The number of hydrogen-bond donors (Lipinski definition) is 2. The second-order valence-electron chi connectivity index (χ2n) is 17.2. The van der Waals surface area contributed by atoms with Crippen molar-refractivity contribution in [1.29, 1.82) is 0 Å². The molecule has 2 aromatic heterocycles. The SMILES string of the molecule is CC(C)(C)OC(=O)N1CC2(CC2)CC1c1ncc(-c2ccc(-c3ccc(-c4cnc(C5CC6(CC6)CN5C(=O)OC(C)(C)C)[nH]4)cc3)cc2)[nH]1. The first-order valence-corrected chi connectivity index (χ1v) is 18.0. The summed E-state index contributed by atoms with van der Waals surface area (Å²) >= 11 is 0. The zero-order valence-corrected chi connectivity index (χ0v) is 30.0. The molecule has 2 aliphatic carbocycles. The Morgan fingerprint density at radius 1 is 0.620 bits per heavy atom. The normalized spacial score (nSPS) is 22.0. The summed E-state index contributed by atoms with van der Waals surface area (Å²) in [6.07, 6.45) is 9.64. The summed E-state index contributed by atoms with van der Waals surface area (Å²) in [5.74, 6) is 1.63. The van der Waals surface area contributed by atoms with Crippen LogP contribution in [0, 0.1) is 10.8 Å². The minimum atomic E-state index is -0.540. The Morgan fingerprint density at radius 3 is 1.28 bits per heavy atom. The number of carbonyl (C=O) groups is 2. The van der Waals surface area contributed by atoms with Gasteiger partial charge in [0.25, 0.3) is 0 Å². The second kappa shape index (κ2) is 11.5. The van der Waals surface area contributed by atoms with E-state index in [1.165, 1.54) is 0 Å². The fraction of sp³-hybridized carbons (Fsp3) is 0.500. The molecule has 2 aliphatic heterocycles. The molecule has 4 heterocycles. The number of hydrogen-bond acceptors (Lipinski definition) is 6. The van der Waals surface area contributed by atoms with Crippen molar-refractivity contribution in [2.24, 2.45) is 10.8 Å². The fourth-order valence-electron chi connectivity index (χ4n) is 7.69. The van der Waals surface area contributed by atoms with Gasteiger partial charge in [-0.2, -0.15) is 0 Å². The van der Waals surface area contributed by atoms with E-state index in [9.17, 15) is 9.59 Å². The summed E-state index contributed by atoms with van der Waals surface area (Å²) in [7, 11) is 0. The molecule has 262 valence electrons. The summed E-state index contributed by atoms with van der Waals surface area (Å²) in [6, 6.07) is 16.7. The predicted octanol–water partition coefficient (Wildman–Crippen LogP) is 9.06. The second-order valence-corrected chi connectivity index (χ2v) is 17.2. The summed E-state index contributed by atoms with van der Waals surface area (Å²) in [6.45, 7) is 12.9. The van der Waals surface area contributed by atoms with Crippen LogP contribution >= 0.6 is 0 Å². The van der Waals surface area contributed by atoms with Crippen LogP contribution in [-0.4, -0.2) is 66.2 Å². The molecule has 2 N–H and O–H groups in total. The minimum absolute atomic E-state index is 0.109. The molecule has 10 nitrogen and oxygen atoms in total. The van der Waals surface area contributed by atoms with Crippen molar-refractivity contribution in [3.05, 3.63) is 72.6 Å². The van der Waals surface area contributed by atoms with E-state index >= 15 is 0 Å². The van der Waals surface area contributed by atoms with E-state index in [0.29, 0.717) is 0 Å². The third-order valence-corrected chi connectivity index (χ3v) is 10.7. The summed E-state index contributed by atoms with van der Waals surface area (Å²) in [4.78, 5) is 46.5. The Morgan fingerprint density at radius 2 is 0.960 bits per heavy atom. The first kappa shape index (κ1) is 32.6. The lowest BCUT2D eigenvalue weighted by Gasteiger charge is -2.27. The smallest absolute Gasteiger partial charge is 0.410 e. The molecule has 2 atom stereocenters. The Hall–Kier alpha value is -4.60. The highest BCUT2D eigenvalue weighted by Crippen LogP contribution is 2.59. The van der Waals surface area contributed by atoms with E-state index in [1.54, 1.807) is 0 Å². The molecular formula is C40H48N6O4. The van der Waals surface area contributed by atoms with Crippen LogP contribution in [0.25, 0.3) is 33.6 Å². The molecule has 0 bridgehead atoms. The molecule has 0 radical (unpaired) electrons. The van der Waals surface area contributed by atoms with E-state index in [2.05, 4.69) is 58.5 Å². The number of imidazole rings is 2. The molecule has 2 unspecified atom stereocenters. The number of aromatic nitrogens is 4. The molecule has 4 fully saturated rings. The Balaban J connectivity index is 0.945. The van der Waals surface area contributed by atoms with Gasteiger partial charge in [0.2, 0.25) is 0 Å². The molecule has 4 aliphatic rings. The van der Waals surface area contributed by atoms with Gasteiger partial charge in [-0.3, -0.25) is 9.80 Å². The molecule has 4 aromatic rings. The van der Waals surface area contributed by atoms with Crippen molar-refractivity contribution in [1.82, 2.24) is 29.7 Å². The van der Waals surface area contributed by atoms with E-state index in [-0.39, 0.29) is 35.1 Å². The number of aromatic amines is 2. The Bertz CT molecular complexity index is 1760. The predicted molar refractivity (Wildman–Crippen MR) is 191 cm³/mol. The number of nitrogens with one attached hydrogen (secondary N) is 2. The largest absolute Gasteiger partial charge is 0.444 e. The van der Waals surface area contributed by atoms with E-state index < -0.39 is 11.2 Å². The third kappa shape index (κ3) is 6.52.